The molecule has 16 heavy (non-hydrogen) atoms. The predicted octanol–water partition coefficient (Wildman–Crippen LogP) is -1.22. The lowest BCUT2D eigenvalue weighted by Crippen LogP contribution is -2.43. The molecule has 0 aromatic heterocycles. The van der Waals surface area contributed by atoms with Crippen LogP contribution in [-0.2, 0) is 9.59 Å². The lowest BCUT2D eigenvalue weighted by Gasteiger charge is -2.15. The summed E-state index contributed by atoms with van der Waals surface area (Å²) >= 11 is 0. The van der Waals surface area contributed by atoms with Gasteiger partial charge in [-0.15, -0.1) is 0 Å². The highest BCUT2D eigenvalue weighted by Gasteiger charge is 2.23. The van der Waals surface area contributed by atoms with E-state index in [1.54, 1.807) is 6.21 Å². The smallest absolute Gasteiger partial charge is 0.326 e. The quantitative estimate of drug-likeness (QED) is 0.526. The molecular formula is C9H14N4O3. The number of rotatable bonds is 6. The summed E-state index contributed by atoms with van der Waals surface area (Å²) in [5, 5.41) is 11.3. The molecule has 2 atom stereocenters. The second-order valence-corrected chi connectivity index (χ2v) is 3.36. The van der Waals surface area contributed by atoms with E-state index in [1.807, 2.05) is 0 Å². The van der Waals surface area contributed by atoms with Crippen molar-refractivity contribution < 1.29 is 14.7 Å². The number of carbonyl (C=O) groups is 2. The average molecular weight is 226 g/mol. The molecule has 0 fully saturated rings. The standard InChI is InChI=1S/C9H14N4O3/c10-2-1-8(14)13-7(9(15)16)3-6-4-11-5-12-6/h4-7H,1-3,10H2,(H,13,14)(H,15,16)/t6?,7-/m0/s1. The van der Waals surface area contributed by atoms with Gasteiger partial charge >= 0.3 is 5.97 Å². The Morgan fingerprint density at radius 2 is 2.31 bits per heavy atom. The molecule has 1 unspecified atom stereocenters. The van der Waals surface area contributed by atoms with Crippen LogP contribution in [0.2, 0.25) is 0 Å². The van der Waals surface area contributed by atoms with Gasteiger partial charge in [-0.25, -0.2) is 9.79 Å². The molecule has 0 spiro atoms. The van der Waals surface area contributed by atoms with Gasteiger partial charge in [0.15, 0.2) is 0 Å². The fourth-order valence-electron chi connectivity index (χ4n) is 1.28. The molecule has 0 aliphatic carbocycles. The Kier molecular flexibility index (Phi) is 4.59. The van der Waals surface area contributed by atoms with Crippen LogP contribution in [0.5, 0.6) is 0 Å². The van der Waals surface area contributed by atoms with Crippen LogP contribution in [0.15, 0.2) is 9.98 Å². The van der Waals surface area contributed by atoms with Crippen molar-refractivity contribution in [3.63, 3.8) is 0 Å². The van der Waals surface area contributed by atoms with Gasteiger partial charge in [0.1, 0.15) is 12.4 Å². The minimum atomic E-state index is -1.08. The minimum absolute atomic E-state index is 0.117. The van der Waals surface area contributed by atoms with Gasteiger partial charge in [-0.3, -0.25) is 9.79 Å². The fourth-order valence-corrected chi connectivity index (χ4v) is 1.28. The van der Waals surface area contributed by atoms with Gasteiger partial charge in [0, 0.05) is 25.6 Å². The summed E-state index contributed by atoms with van der Waals surface area (Å²) in [5.41, 5.74) is 5.19. The van der Waals surface area contributed by atoms with Crippen LogP contribution in [0.1, 0.15) is 12.8 Å². The molecule has 0 radical (unpaired) electrons. The Labute approximate surface area is 92.5 Å². The first-order chi connectivity index (χ1) is 7.63. The molecule has 0 saturated heterocycles. The first-order valence-electron chi connectivity index (χ1n) is 4.90. The molecule has 4 N–H and O–H groups in total. The van der Waals surface area contributed by atoms with Crippen molar-refractivity contribution in [3.05, 3.63) is 0 Å². The van der Waals surface area contributed by atoms with Gasteiger partial charge in [0.05, 0.1) is 6.04 Å². The lowest BCUT2D eigenvalue weighted by atomic mass is 10.1. The first-order valence-corrected chi connectivity index (χ1v) is 4.90. The van der Waals surface area contributed by atoms with Crippen LogP contribution in [-0.4, -0.2) is 48.2 Å². The zero-order chi connectivity index (χ0) is 12.0. The molecule has 0 aromatic rings. The highest BCUT2D eigenvalue weighted by atomic mass is 16.4. The summed E-state index contributed by atoms with van der Waals surface area (Å²) in [7, 11) is 0. The zero-order valence-electron chi connectivity index (χ0n) is 8.67. The molecular weight excluding hydrogens is 212 g/mol. The summed E-state index contributed by atoms with van der Waals surface area (Å²) < 4.78 is 0. The van der Waals surface area contributed by atoms with Crippen LogP contribution in [0, 0.1) is 0 Å². The monoisotopic (exact) mass is 226 g/mol. The van der Waals surface area contributed by atoms with E-state index >= 15 is 0 Å². The molecule has 0 bridgehead atoms. The van der Waals surface area contributed by atoms with E-state index in [9.17, 15) is 9.59 Å². The number of nitrogens with two attached hydrogens (primary N) is 1. The summed E-state index contributed by atoms with van der Waals surface area (Å²) in [6, 6.07) is -1.23. The molecule has 7 heteroatoms. The van der Waals surface area contributed by atoms with E-state index in [4.69, 9.17) is 10.8 Å². The number of hydrogen-bond donors (Lipinski definition) is 3. The van der Waals surface area contributed by atoms with Crippen molar-refractivity contribution in [1.82, 2.24) is 5.32 Å². The summed E-state index contributed by atoms with van der Waals surface area (Å²) in [6.07, 6.45) is 3.23. The number of hydrogen-bond acceptors (Lipinski definition) is 5. The predicted molar refractivity (Wildman–Crippen MR) is 58.6 cm³/mol. The SMILES string of the molecule is NCCC(=O)N[C@@H](CC1C=NC=N1)C(=O)O. The largest absolute Gasteiger partial charge is 0.480 e. The van der Waals surface area contributed by atoms with E-state index in [-0.39, 0.29) is 31.3 Å². The van der Waals surface area contributed by atoms with Crippen molar-refractivity contribution in [2.45, 2.75) is 24.9 Å². The van der Waals surface area contributed by atoms with Gasteiger partial charge < -0.3 is 16.2 Å². The molecule has 1 heterocycles. The normalized spacial score (nSPS) is 19.7. The third-order valence-corrected chi connectivity index (χ3v) is 2.06. The summed E-state index contributed by atoms with van der Waals surface area (Å²) in [4.78, 5) is 29.8. The number of aliphatic carboxylic acids is 1. The fraction of sp³-hybridized carbons (Fsp3) is 0.556. The van der Waals surface area contributed by atoms with Crippen LogP contribution in [0.3, 0.4) is 0 Å². The summed E-state index contributed by atoms with van der Waals surface area (Å²) in [5.74, 6) is -1.45. The molecule has 1 aliphatic rings. The first kappa shape index (κ1) is 12.3. The molecule has 0 aromatic carbocycles. The number of carboxylic acid groups (broad SMARTS) is 1. The molecule has 1 rings (SSSR count). The van der Waals surface area contributed by atoms with Crippen molar-refractivity contribution in [1.29, 1.82) is 0 Å². The summed E-state index contributed by atoms with van der Waals surface area (Å²) in [6.45, 7) is 0.196. The lowest BCUT2D eigenvalue weighted by molar-refractivity contribution is -0.142. The zero-order valence-corrected chi connectivity index (χ0v) is 8.67. The van der Waals surface area contributed by atoms with Crippen LogP contribution in [0.4, 0.5) is 0 Å². The van der Waals surface area contributed by atoms with Gasteiger partial charge in [-0.1, -0.05) is 0 Å². The molecule has 1 aliphatic heterocycles. The second-order valence-electron chi connectivity index (χ2n) is 3.36. The van der Waals surface area contributed by atoms with Gasteiger partial charge in [0.25, 0.3) is 0 Å². The topological polar surface area (TPSA) is 117 Å². The maximum atomic E-state index is 11.2. The number of amides is 1. The van der Waals surface area contributed by atoms with Crippen LogP contribution in [0.25, 0.3) is 0 Å². The van der Waals surface area contributed by atoms with Crippen LogP contribution >= 0.6 is 0 Å². The Morgan fingerprint density at radius 3 is 2.81 bits per heavy atom. The van der Waals surface area contributed by atoms with Crippen molar-refractivity contribution in [2.75, 3.05) is 6.54 Å². The second kappa shape index (κ2) is 5.96. The third kappa shape index (κ3) is 3.77. The van der Waals surface area contributed by atoms with Crippen molar-refractivity contribution >= 4 is 24.4 Å². The molecule has 7 nitrogen and oxygen atoms in total. The minimum Gasteiger partial charge on any atom is -0.480 e. The molecule has 88 valence electrons. The Morgan fingerprint density at radius 1 is 1.56 bits per heavy atom. The van der Waals surface area contributed by atoms with E-state index in [0.717, 1.165) is 0 Å². The highest BCUT2D eigenvalue weighted by Crippen LogP contribution is 2.04. The Bertz CT molecular complexity index is 315. The number of nitrogens with zero attached hydrogens (tertiary/aromatic N) is 2. The van der Waals surface area contributed by atoms with E-state index in [2.05, 4.69) is 15.3 Å². The highest BCUT2D eigenvalue weighted by molar-refractivity contribution is 5.86. The molecule has 1 amide bonds. The van der Waals surface area contributed by atoms with Crippen molar-refractivity contribution in [2.24, 2.45) is 15.7 Å². The Balaban J connectivity index is 2.47. The van der Waals surface area contributed by atoms with E-state index < -0.39 is 12.0 Å². The molecule has 0 saturated carbocycles. The number of nitrogens with one attached hydrogen (secondary N) is 1. The third-order valence-electron chi connectivity index (χ3n) is 2.06. The van der Waals surface area contributed by atoms with Gasteiger partial charge in [-0.2, -0.15) is 0 Å². The number of carboxylic acids is 1. The van der Waals surface area contributed by atoms with Gasteiger partial charge in [-0.05, 0) is 0 Å². The Hall–Kier alpha value is -1.76. The van der Waals surface area contributed by atoms with Crippen molar-refractivity contribution in [3.8, 4) is 0 Å². The number of aliphatic imine (C=N–C) groups is 2. The maximum Gasteiger partial charge on any atom is 0.326 e. The van der Waals surface area contributed by atoms with Crippen LogP contribution < -0.4 is 11.1 Å². The number of carbonyl (C=O) groups excluding carboxylic acids is 1. The maximum absolute atomic E-state index is 11.2. The van der Waals surface area contributed by atoms with Gasteiger partial charge in [0.2, 0.25) is 5.91 Å². The van der Waals surface area contributed by atoms with E-state index in [0.29, 0.717) is 0 Å². The average Bonchev–Trinajstić information content (AvgIpc) is 2.69. The van der Waals surface area contributed by atoms with E-state index in [1.165, 1.54) is 6.34 Å².